The maximum Gasteiger partial charge on any atom is 0.327 e. The van der Waals surface area contributed by atoms with E-state index in [0.717, 1.165) is 36.4 Å². The van der Waals surface area contributed by atoms with Gasteiger partial charge in [0.2, 0.25) is 10.9 Å². The van der Waals surface area contributed by atoms with Gasteiger partial charge < -0.3 is 9.80 Å². The van der Waals surface area contributed by atoms with Crippen LogP contribution in [0, 0.1) is 15.9 Å². The average Bonchev–Trinajstić information content (AvgIpc) is 2.91. The summed E-state index contributed by atoms with van der Waals surface area (Å²) in [7, 11) is 0. The van der Waals surface area contributed by atoms with E-state index in [0.29, 0.717) is 25.3 Å². The van der Waals surface area contributed by atoms with Crippen LogP contribution in [0.3, 0.4) is 0 Å². The van der Waals surface area contributed by atoms with Gasteiger partial charge in [-0.2, -0.15) is 8.76 Å². The van der Waals surface area contributed by atoms with E-state index >= 15 is 0 Å². The van der Waals surface area contributed by atoms with Gasteiger partial charge in [0.1, 0.15) is 11.5 Å². The normalized spacial score (nSPS) is 15.4. The molecule has 1 fully saturated rings. The molecule has 1 aliphatic heterocycles. The van der Waals surface area contributed by atoms with Crippen LogP contribution < -0.4 is 9.80 Å². The first-order valence-electron chi connectivity index (χ1n) is 7.85. The number of hydrogen-bond donors (Lipinski definition) is 0. The van der Waals surface area contributed by atoms with E-state index in [2.05, 4.69) is 14.3 Å². The predicted octanol–water partition coefficient (Wildman–Crippen LogP) is 2.86. The summed E-state index contributed by atoms with van der Waals surface area (Å²) >= 11 is 1.38. The van der Waals surface area contributed by atoms with Crippen molar-refractivity contribution in [3.8, 4) is 0 Å². The third-order valence-corrected chi connectivity index (χ3v) is 4.84. The second kappa shape index (κ2) is 7.08. The van der Waals surface area contributed by atoms with E-state index < -0.39 is 16.4 Å². The first-order chi connectivity index (χ1) is 11.6. The van der Waals surface area contributed by atoms with Gasteiger partial charge in [-0.15, -0.1) is 0 Å². The number of para-hydroxylation sites is 1. The van der Waals surface area contributed by atoms with E-state index in [1.807, 2.05) is 11.8 Å². The molecular weight excluding hydrogens is 333 g/mol. The highest BCUT2D eigenvalue weighted by atomic mass is 32.1. The number of hydrogen-bond acceptors (Lipinski definition) is 7. The van der Waals surface area contributed by atoms with Crippen LogP contribution in [0.2, 0.25) is 0 Å². The predicted molar refractivity (Wildman–Crippen MR) is 91.4 cm³/mol. The Kier molecular flexibility index (Phi) is 4.89. The molecule has 1 saturated heterocycles. The molecular formula is C15H18FN5O2S. The molecule has 128 valence electrons. The molecule has 9 heteroatoms. The Morgan fingerprint density at radius 2 is 2.04 bits per heavy atom. The lowest BCUT2D eigenvalue weighted by molar-refractivity contribution is -0.386. The van der Waals surface area contributed by atoms with Gasteiger partial charge in [-0.3, -0.25) is 10.1 Å². The summed E-state index contributed by atoms with van der Waals surface area (Å²) in [5, 5.41) is 12.1. The van der Waals surface area contributed by atoms with Crippen LogP contribution in [0.25, 0.3) is 0 Å². The van der Waals surface area contributed by atoms with Crippen molar-refractivity contribution in [2.75, 3.05) is 36.0 Å². The third-order valence-electron chi connectivity index (χ3n) is 4.03. The van der Waals surface area contributed by atoms with E-state index in [-0.39, 0.29) is 0 Å². The van der Waals surface area contributed by atoms with Gasteiger partial charge >= 0.3 is 5.69 Å². The summed E-state index contributed by atoms with van der Waals surface area (Å²) in [6.07, 6.45) is 1.61. The number of nitro groups is 1. The molecule has 0 spiro atoms. The molecule has 0 saturated carbocycles. The highest BCUT2D eigenvalue weighted by Crippen LogP contribution is 2.31. The number of rotatable bonds is 4. The van der Waals surface area contributed by atoms with Crippen molar-refractivity contribution in [3.63, 3.8) is 0 Å². The van der Waals surface area contributed by atoms with Crippen molar-refractivity contribution < 1.29 is 9.31 Å². The van der Waals surface area contributed by atoms with Gasteiger partial charge in [0.05, 0.1) is 4.92 Å². The van der Waals surface area contributed by atoms with Gasteiger partial charge in [-0.25, -0.2) is 4.98 Å². The lowest BCUT2D eigenvalue weighted by atomic mass is 10.2. The molecule has 0 amide bonds. The summed E-state index contributed by atoms with van der Waals surface area (Å²) in [4.78, 5) is 19.1. The van der Waals surface area contributed by atoms with Crippen LogP contribution in [-0.4, -0.2) is 40.5 Å². The van der Waals surface area contributed by atoms with E-state index in [1.54, 1.807) is 6.07 Å². The van der Waals surface area contributed by atoms with Crippen molar-refractivity contribution in [3.05, 3.63) is 40.0 Å². The minimum Gasteiger partial charge on any atom is -0.364 e. The Labute approximate surface area is 143 Å². The Bertz CT molecular complexity index is 738. The Balaban J connectivity index is 1.79. The van der Waals surface area contributed by atoms with Gasteiger partial charge in [-0.1, -0.05) is 13.0 Å². The number of halogens is 1. The largest absolute Gasteiger partial charge is 0.364 e. The molecule has 0 unspecified atom stereocenters. The monoisotopic (exact) mass is 351 g/mol. The standard InChI is InChI=1S/C15H18FN5O2S/c1-2-13-17-15(24-18-13)20-8-4-7-19(9-10-20)12-6-3-5-11(16)14(12)21(22)23/h3,5-6H,2,4,7-10H2,1H3. The Morgan fingerprint density at radius 3 is 2.75 bits per heavy atom. The molecule has 2 aromatic rings. The fraction of sp³-hybridized carbons (Fsp3) is 0.467. The average molecular weight is 351 g/mol. The van der Waals surface area contributed by atoms with Gasteiger partial charge in [0, 0.05) is 44.1 Å². The molecule has 0 radical (unpaired) electrons. The second-order valence-electron chi connectivity index (χ2n) is 5.54. The number of aryl methyl sites for hydroxylation is 1. The van der Waals surface area contributed by atoms with Crippen LogP contribution in [-0.2, 0) is 6.42 Å². The minimum absolute atomic E-state index is 0.341. The smallest absolute Gasteiger partial charge is 0.327 e. The van der Waals surface area contributed by atoms with Crippen LogP contribution in [0.15, 0.2) is 18.2 Å². The minimum atomic E-state index is -0.796. The van der Waals surface area contributed by atoms with Crippen molar-refractivity contribution >= 4 is 28.0 Å². The van der Waals surface area contributed by atoms with Crippen LogP contribution in [0.4, 0.5) is 20.9 Å². The molecule has 0 atom stereocenters. The van der Waals surface area contributed by atoms with Crippen LogP contribution in [0.5, 0.6) is 0 Å². The lowest BCUT2D eigenvalue weighted by Gasteiger charge is -2.23. The highest BCUT2D eigenvalue weighted by Gasteiger charge is 2.26. The maximum atomic E-state index is 13.8. The van der Waals surface area contributed by atoms with Crippen LogP contribution >= 0.6 is 11.5 Å². The zero-order valence-corrected chi connectivity index (χ0v) is 14.1. The zero-order valence-electron chi connectivity index (χ0n) is 13.3. The van der Waals surface area contributed by atoms with E-state index in [1.165, 1.54) is 17.6 Å². The molecule has 0 bridgehead atoms. The molecule has 24 heavy (non-hydrogen) atoms. The lowest BCUT2D eigenvalue weighted by Crippen LogP contribution is -2.31. The summed E-state index contributed by atoms with van der Waals surface area (Å²) < 4.78 is 18.1. The van der Waals surface area contributed by atoms with Gasteiger partial charge in [0.15, 0.2) is 0 Å². The van der Waals surface area contributed by atoms with Crippen molar-refractivity contribution in [1.82, 2.24) is 9.36 Å². The van der Waals surface area contributed by atoms with E-state index in [4.69, 9.17) is 0 Å². The molecule has 1 aromatic carbocycles. The fourth-order valence-corrected chi connectivity index (χ4v) is 3.61. The van der Waals surface area contributed by atoms with E-state index in [9.17, 15) is 14.5 Å². The number of benzene rings is 1. The number of nitrogens with zero attached hydrogens (tertiary/aromatic N) is 5. The molecule has 7 nitrogen and oxygen atoms in total. The summed E-state index contributed by atoms with van der Waals surface area (Å²) in [6.45, 7) is 4.70. The van der Waals surface area contributed by atoms with Gasteiger partial charge in [-0.05, 0) is 18.6 Å². The topological polar surface area (TPSA) is 75.4 Å². The molecule has 3 rings (SSSR count). The Morgan fingerprint density at radius 1 is 1.29 bits per heavy atom. The first-order valence-corrected chi connectivity index (χ1v) is 8.63. The fourth-order valence-electron chi connectivity index (χ4n) is 2.81. The molecule has 1 aromatic heterocycles. The number of aromatic nitrogens is 2. The molecule has 2 heterocycles. The highest BCUT2D eigenvalue weighted by molar-refractivity contribution is 7.09. The summed E-state index contributed by atoms with van der Waals surface area (Å²) in [6, 6.07) is 4.24. The molecule has 1 aliphatic rings. The second-order valence-corrected chi connectivity index (χ2v) is 6.27. The Hall–Kier alpha value is -2.29. The quantitative estimate of drug-likeness (QED) is 0.623. The number of anilines is 2. The summed E-state index contributed by atoms with van der Waals surface area (Å²) in [5.41, 5.74) is -0.108. The van der Waals surface area contributed by atoms with Crippen molar-refractivity contribution in [1.29, 1.82) is 0 Å². The third kappa shape index (κ3) is 3.30. The maximum absolute atomic E-state index is 13.8. The zero-order chi connectivity index (χ0) is 17.1. The van der Waals surface area contributed by atoms with Gasteiger partial charge in [0.25, 0.3) is 0 Å². The van der Waals surface area contributed by atoms with Crippen molar-refractivity contribution in [2.24, 2.45) is 0 Å². The SMILES string of the molecule is CCc1nsc(N2CCCN(c3cccc(F)c3[N+](=O)[O-])CC2)n1. The summed E-state index contributed by atoms with van der Waals surface area (Å²) in [5.74, 6) is 0.0344. The van der Waals surface area contributed by atoms with Crippen molar-refractivity contribution in [2.45, 2.75) is 19.8 Å². The molecule has 0 aliphatic carbocycles. The van der Waals surface area contributed by atoms with Crippen LogP contribution in [0.1, 0.15) is 19.2 Å². The molecule has 0 N–H and O–H groups in total. The first kappa shape index (κ1) is 16.6. The number of nitro benzene ring substituents is 1.